The van der Waals surface area contributed by atoms with Gasteiger partial charge in [-0.2, -0.15) is 0 Å². The van der Waals surface area contributed by atoms with Crippen molar-refractivity contribution in [1.82, 2.24) is 0 Å². The van der Waals surface area contributed by atoms with Gasteiger partial charge < -0.3 is 0 Å². The fourth-order valence-corrected chi connectivity index (χ4v) is 1.70. The van der Waals surface area contributed by atoms with Crippen molar-refractivity contribution in [3.8, 4) is 0 Å². The first-order valence-electron chi connectivity index (χ1n) is 6.03. The second-order valence-electron chi connectivity index (χ2n) is 5.59. The molecule has 0 spiro atoms. The van der Waals surface area contributed by atoms with Crippen LogP contribution < -0.4 is 0 Å². The van der Waals surface area contributed by atoms with E-state index in [0.717, 1.165) is 0 Å². The van der Waals surface area contributed by atoms with Crippen LogP contribution in [0.25, 0.3) is 0 Å². The second kappa shape index (κ2) is 4.83. The highest BCUT2D eigenvalue weighted by atomic mass is 14.2. The summed E-state index contributed by atoms with van der Waals surface area (Å²) in [5.41, 5.74) is 3.33. The Hall–Kier alpha value is -0.780. The molecule has 1 aromatic rings. The average molecular weight is 204 g/mol. The van der Waals surface area contributed by atoms with E-state index < -0.39 is 0 Å². The minimum atomic E-state index is 0.430. The zero-order chi connectivity index (χ0) is 11.5. The molecule has 0 aromatic heterocycles. The van der Waals surface area contributed by atoms with Crippen LogP contribution in [0.15, 0.2) is 24.3 Å². The summed E-state index contributed by atoms with van der Waals surface area (Å²) in [6, 6.07) is 9.11. The van der Waals surface area contributed by atoms with Crippen LogP contribution in [-0.2, 0) is 6.42 Å². The fraction of sp³-hybridized carbons (Fsp3) is 0.600. The lowest BCUT2D eigenvalue weighted by Gasteiger charge is -2.22. The molecule has 0 nitrogen and oxygen atoms in total. The Bertz CT molecular complexity index is 290. The normalized spacial score (nSPS) is 12.1. The molecule has 0 aliphatic heterocycles. The maximum atomic E-state index is 2.34. The van der Waals surface area contributed by atoms with Gasteiger partial charge >= 0.3 is 0 Å². The van der Waals surface area contributed by atoms with Crippen molar-refractivity contribution in [2.24, 2.45) is 5.41 Å². The van der Waals surface area contributed by atoms with Crippen LogP contribution in [0.1, 0.15) is 58.1 Å². The predicted octanol–water partition coefficient (Wildman–Crippen LogP) is 4.79. The first-order chi connectivity index (χ1) is 6.94. The molecule has 0 heterocycles. The van der Waals surface area contributed by atoms with Crippen LogP contribution in [0, 0.1) is 5.41 Å². The lowest BCUT2D eigenvalue weighted by atomic mass is 9.83. The Morgan fingerprint density at radius 1 is 1.07 bits per heavy atom. The molecule has 0 amide bonds. The highest BCUT2D eigenvalue weighted by Crippen LogP contribution is 2.26. The Morgan fingerprint density at radius 3 is 2.00 bits per heavy atom. The predicted molar refractivity (Wildman–Crippen MR) is 68.3 cm³/mol. The minimum absolute atomic E-state index is 0.430. The SMILES string of the molecule is CCC(C)(C)Cc1ccc(C(C)C)cc1. The summed E-state index contributed by atoms with van der Waals surface area (Å²) in [5.74, 6) is 0.637. The van der Waals surface area contributed by atoms with E-state index in [4.69, 9.17) is 0 Å². The smallest absolute Gasteiger partial charge is 0.0219 e. The lowest BCUT2D eigenvalue weighted by molar-refractivity contribution is 0.349. The van der Waals surface area contributed by atoms with Crippen molar-refractivity contribution in [2.45, 2.75) is 53.4 Å². The Morgan fingerprint density at radius 2 is 1.60 bits per heavy atom. The molecule has 0 aliphatic carbocycles. The summed E-state index contributed by atoms with van der Waals surface area (Å²) in [6.07, 6.45) is 2.42. The van der Waals surface area contributed by atoms with E-state index in [1.165, 1.54) is 24.0 Å². The zero-order valence-electron chi connectivity index (χ0n) is 10.8. The largest absolute Gasteiger partial charge is 0.0649 e. The van der Waals surface area contributed by atoms with Crippen LogP contribution in [0.2, 0.25) is 0 Å². The maximum absolute atomic E-state index is 2.34. The maximum Gasteiger partial charge on any atom is -0.0219 e. The molecule has 0 saturated carbocycles. The van der Waals surface area contributed by atoms with E-state index in [1.807, 2.05) is 0 Å². The van der Waals surface area contributed by atoms with Crippen LogP contribution in [0.5, 0.6) is 0 Å². The Labute approximate surface area is 94.7 Å². The van der Waals surface area contributed by atoms with Crippen LogP contribution in [-0.4, -0.2) is 0 Å². The molecule has 0 radical (unpaired) electrons. The molecule has 0 unspecified atom stereocenters. The Balaban J connectivity index is 2.73. The van der Waals surface area contributed by atoms with Gasteiger partial charge in [0.25, 0.3) is 0 Å². The van der Waals surface area contributed by atoms with Crippen molar-refractivity contribution in [1.29, 1.82) is 0 Å². The van der Waals surface area contributed by atoms with E-state index in [-0.39, 0.29) is 0 Å². The van der Waals surface area contributed by atoms with Gasteiger partial charge in [-0.25, -0.2) is 0 Å². The summed E-state index contributed by atoms with van der Waals surface area (Å²) in [5, 5.41) is 0. The van der Waals surface area contributed by atoms with Gasteiger partial charge in [0.15, 0.2) is 0 Å². The molecule has 0 heteroatoms. The summed E-state index contributed by atoms with van der Waals surface area (Å²) in [6.45, 7) is 11.4. The average Bonchev–Trinajstić information content (AvgIpc) is 2.18. The highest BCUT2D eigenvalue weighted by molar-refractivity contribution is 5.25. The molecule has 1 rings (SSSR count). The summed E-state index contributed by atoms with van der Waals surface area (Å²) in [4.78, 5) is 0. The van der Waals surface area contributed by atoms with E-state index >= 15 is 0 Å². The fourth-order valence-electron chi connectivity index (χ4n) is 1.70. The third kappa shape index (κ3) is 3.70. The molecular weight excluding hydrogens is 180 g/mol. The van der Waals surface area contributed by atoms with Gasteiger partial charge in [-0.05, 0) is 28.9 Å². The first-order valence-corrected chi connectivity index (χ1v) is 6.03. The van der Waals surface area contributed by atoms with Gasteiger partial charge in [-0.1, -0.05) is 65.3 Å². The van der Waals surface area contributed by atoms with Crippen molar-refractivity contribution < 1.29 is 0 Å². The molecular formula is C15H24. The van der Waals surface area contributed by atoms with Gasteiger partial charge in [-0.15, -0.1) is 0 Å². The Kier molecular flexibility index (Phi) is 3.96. The van der Waals surface area contributed by atoms with Gasteiger partial charge in [0.1, 0.15) is 0 Å². The lowest BCUT2D eigenvalue weighted by Crippen LogP contribution is -2.13. The number of hydrogen-bond donors (Lipinski definition) is 0. The van der Waals surface area contributed by atoms with Gasteiger partial charge in [0.05, 0.1) is 0 Å². The molecule has 0 N–H and O–H groups in total. The second-order valence-corrected chi connectivity index (χ2v) is 5.59. The first kappa shape index (κ1) is 12.3. The summed E-state index contributed by atoms with van der Waals surface area (Å²) >= 11 is 0. The van der Waals surface area contributed by atoms with Gasteiger partial charge in [-0.3, -0.25) is 0 Å². The van der Waals surface area contributed by atoms with Crippen molar-refractivity contribution in [3.63, 3.8) is 0 Å². The molecule has 0 fully saturated rings. The third-order valence-electron chi connectivity index (χ3n) is 3.29. The van der Waals surface area contributed by atoms with Crippen LogP contribution in [0.3, 0.4) is 0 Å². The van der Waals surface area contributed by atoms with Crippen molar-refractivity contribution in [3.05, 3.63) is 35.4 Å². The van der Waals surface area contributed by atoms with Crippen LogP contribution >= 0.6 is 0 Å². The zero-order valence-corrected chi connectivity index (χ0v) is 10.8. The number of rotatable bonds is 4. The van der Waals surface area contributed by atoms with Crippen molar-refractivity contribution >= 4 is 0 Å². The molecule has 0 bridgehead atoms. The molecule has 1 aromatic carbocycles. The van der Waals surface area contributed by atoms with Gasteiger partial charge in [0, 0.05) is 0 Å². The van der Waals surface area contributed by atoms with E-state index in [9.17, 15) is 0 Å². The third-order valence-corrected chi connectivity index (χ3v) is 3.29. The van der Waals surface area contributed by atoms with E-state index in [2.05, 4.69) is 58.9 Å². The van der Waals surface area contributed by atoms with Crippen molar-refractivity contribution in [2.75, 3.05) is 0 Å². The monoisotopic (exact) mass is 204 g/mol. The number of benzene rings is 1. The topological polar surface area (TPSA) is 0 Å². The molecule has 0 atom stereocenters. The number of hydrogen-bond acceptors (Lipinski definition) is 0. The molecule has 0 saturated heterocycles. The van der Waals surface area contributed by atoms with Gasteiger partial charge in [0.2, 0.25) is 0 Å². The summed E-state index contributed by atoms with van der Waals surface area (Å²) < 4.78 is 0. The molecule has 15 heavy (non-hydrogen) atoms. The van der Waals surface area contributed by atoms with Crippen LogP contribution in [0.4, 0.5) is 0 Å². The molecule has 84 valence electrons. The van der Waals surface area contributed by atoms with E-state index in [0.29, 0.717) is 11.3 Å². The standard InChI is InChI=1S/C15H24/c1-6-15(4,5)11-13-7-9-14(10-8-13)12(2)3/h7-10,12H,6,11H2,1-5H3. The molecule has 0 aliphatic rings. The summed E-state index contributed by atoms with van der Waals surface area (Å²) in [7, 11) is 0. The minimum Gasteiger partial charge on any atom is -0.0649 e. The van der Waals surface area contributed by atoms with E-state index in [1.54, 1.807) is 0 Å². The highest BCUT2D eigenvalue weighted by Gasteiger charge is 2.15. The quantitative estimate of drug-likeness (QED) is 0.661.